The van der Waals surface area contributed by atoms with Gasteiger partial charge in [-0.05, 0) is 37.2 Å². The van der Waals surface area contributed by atoms with Crippen LogP contribution in [0.2, 0.25) is 0 Å². The molecule has 1 N–H and O–H groups in total. The average Bonchev–Trinajstić information content (AvgIpc) is 3.28. The summed E-state index contributed by atoms with van der Waals surface area (Å²) in [5.41, 5.74) is 1.54. The van der Waals surface area contributed by atoms with Gasteiger partial charge < -0.3 is 10.2 Å². The zero-order chi connectivity index (χ0) is 16.3. The largest absolute Gasteiger partial charge is 0.351 e. The predicted molar refractivity (Wildman–Crippen MR) is 94.5 cm³/mol. The third-order valence-corrected chi connectivity index (χ3v) is 5.71. The second-order valence-electron chi connectivity index (χ2n) is 7.46. The summed E-state index contributed by atoms with van der Waals surface area (Å²) in [4.78, 5) is 6.85. The topological polar surface area (TPSA) is 45.5 Å². The molecule has 0 bridgehead atoms. The lowest BCUT2D eigenvalue weighted by Crippen LogP contribution is -2.40. The minimum Gasteiger partial charge on any atom is -0.351 e. The van der Waals surface area contributed by atoms with E-state index in [0.717, 1.165) is 31.3 Å². The normalized spacial score (nSPS) is 26.2. The zero-order valence-corrected chi connectivity index (χ0v) is 14.9. The maximum atomic E-state index is 4.75. The first-order valence-corrected chi connectivity index (χ1v) is 9.13. The van der Waals surface area contributed by atoms with Crippen molar-refractivity contribution >= 4 is 5.96 Å². The maximum absolute atomic E-state index is 4.75. The van der Waals surface area contributed by atoms with E-state index in [9.17, 15) is 0 Å². The van der Waals surface area contributed by atoms with E-state index in [1.165, 1.54) is 38.5 Å². The van der Waals surface area contributed by atoms with Gasteiger partial charge in [0.2, 0.25) is 0 Å². The summed E-state index contributed by atoms with van der Waals surface area (Å²) in [6, 6.07) is 2.76. The fraction of sp³-hybridized carbons (Fsp3) is 0.778. The Morgan fingerprint density at radius 2 is 2.22 bits per heavy atom. The van der Waals surface area contributed by atoms with Gasteiger partial charge in [0.15, 0.2) is 5.96 Å². The Labute approximate surface area is 140 Å². The molecule has 2 heterocycles. The van der Waals surface area contributed by atoms with Gasteiger partial charge in [-0.2, -0.15) is 5.10 Å². The quantitative estimate of drug-likeness (QED) is 0.685. The number of aliphatic imine (C=N–C) groups is 1. The number of guanidine groups is 1. The molecule has 1 aliphatic heterocycles. The lowest BCUT2D eigenvalue weighted by atomic mass is 9.87. The molecule has 1 saturated heterocycles. The average molecular weight is 317 g/mol. The van der Waals surface area contributed by atoms with E-state index in [1.807, 2.05) is 7.05 Å². The first-order valence-electron chi connectivity index (χ1n) is 9.13. The Bertz CT molecular complexity index is 543. The molecule has 1 aromatic heterocycles. The van der Waals surface area contributed by atoms with Crippen molar-refractivity contribution in [3.05, 3.63) is 18.0 Å². The molecule has 1 aromatic rings. The Kier molecular flexibility index (Phi) is 4.93. The van der Waals surface area contributed by atoms with Crippen LogP contribution in [-0.2, 0) is 6.54 Å². The third-order valence-electron chi connectivity index (χ3n) is 5.71. The minimum absolute atomic E-state index is 0.432. The number of likely N-dealkylation sites (tertiary alicyclic amines) is 1. The molecule has 0 spiro atoms. The van der Waals surface area contributed by atoms with Gasteiger partial charge in [-0.25, -0.2) is 0 Å². The van der Waals surface area contributed by atoms with Gasteiger partial charge in [0, 0.05) is 26.3 Å². The summed E-state index contributed by atoms with van der Waals surface area (Å²) in [7, 11) is 1.88. The van der Waals surface area contributed by atoms with Crippen molar-refractivity contribution < 1.29 is 0 Å². The minimum atomic E-state index is 0.432. The molecule has 5 heteroatoms. The SMILES string of the molecule is CCC1(C)CCN(C(=NC)NCc2ccn(C3CCCC3)n2)C1. The summed E-state index contributed by atoms with van der Waals surface area (Å²) in [5.74, 6) is 1.01. The second kappa shape index (κ2) is 6.93. The number of nitrogens with one attached hydrogen (secondary N) is 1. The summed E-state index contributed by atoms with van der Waals surface area (Å²) in [6.07, 6.45) is 9.86. The lowest BCUT2D eigenvalue weighted by Gasteiger charge is -2.25. The zero-order valence-electron chi connectivity index (χ0n) is 14.9. The van der Waals surface area contributed by atoms with E-state index in [2.05, 4.69) is 46.0 Å². The molecule has 2 fully saturated rings. The molecule has 1 aliphatic carbocycles. The predicted octanol–water partition coefficient (Wildman–Crippen LogP) is 3.20. The van der Waals surface area contributed by atoms with Crippen molar-refractivity contribution in [2.75, 3.05) is 20.1 Å². The number of rotatable bonds is 4. The first kappa shape index (κ1) is 16.3. The summed E-state index contributed by atoms with van der Waals surface area (Å²) >= 11 is 0. The molecular weight excluding hydrogens is 286 g/mol. The third kappa shape index (κ3) is 3.70. The van der Waals surface area contributed by atoms with E-state index in [0.29, 0.717) is 11.5 Å². The van der Waals surface area contributed by atoms with Crippen molar-refractivity contribution in [3.8, 4) is 0 Å². The molecule has 23 heavy (non-hydrogen) atoms. The Hall–Kier alpha value is -1.52. The van der Waals surface area contributed by atoms with Gasteiger partial charge in [-0.15, -0.1) is 0 Å². The molecule has 1 unspecified atom stereocenters. The number of aromatic nitrogens is 2. The van der Waals surface area contributed by atoms with Crippen LogP contribution in [0.25, 0.3) is 0 Å². The van der Waals surface area contributed by atoms with Crippen molar-refractivity contribution in [2.45, 2.75) is 65.0 Å². The molecule has 1 atom stereocenters. The van der Waals surface area contributed by atoms with Gasteiger partial charge >= 0.3 is 0 Å². The number of hydrogen-bond donors (Lipinski definition) is 1. The van der Waals surface area contributed by atoms with Gasteiger partial charge in [0.05, 0.1) is 18.3 Å². The highest BCUT2D eigenvalue weighted by molar-refractivity contribution is 5.80. The molecular formula is C18H31N5. The van der Waals surface area contributed by atoms with E-state index in [4.69, 9.17) is 5.10 Å². The van der Waals surface area contributed by atoms with Crippen LogP contribution in [0.1, 0.15) is 64.1 Å². The summed E-state index contributed by atoms with van der Waals surface area (Å²) in [6.45, 7) is 7.62. The lowest BCUT2D eigenvalue weighted by molar-refractivity contribution is 0.322. The Balaban J connectivity index is 1.54. The number of nitrogens with zero attached hydrogens (tertiary/aromatic N) is 4. The van der Waals surface area contributed by atoms with Crippen molar-refractivity contribution in [1.82, 2.24) is 20.0 Å². The molecule has 0 radical (unpaired) electrons. The fourth-order valence-electron chi connectivity index (χ4n) is 3.84. The van der Waals surface area contributed by atoms with Crippen LogP contribution in [0, 0.1) is 5.41 Å². The van der Waals surface area contributed by atoms with Gasteiger partial charge in [0.1, 0.15) is 0 Å². The van der Waals surface area contributed by atoms with Crippen LogP contribution >= 0.6 is 0 Å². The van der Waals surface area contributed by atoms with Crippen molar-refractivity contribution in [1.29, 1.82) is 0 Å². The van der Waals surface area contributed by atoms with Crippen LogP contribution < -0.4 is 5.32 Å². The Morgan fingerprint density at radius 3 is 2.87 bits per heavy atom. The number of hydrogen-bond acceptors (Lipinski definition) is 2. The van der Waals surface area contributed by atoms with Crippen LogP contribution in [0.15, 0.2) is 17.3 Å². The maximum Gasteiger partial charge on any atom is 0.193 e. The smallest absolute Gasteiger partial charge is 0.193 e. The Morgan fingerprint density at radius 1 is 1.43 bits per heavy atom. The highest BCUT2D eigenvalue weighted by Gasteiger charge is 2.33. The van der Waals surface area contributed by atoms with Crippen LogP contribution in [0.5, 0.6) is 0 Å². The van der Waals surface area contributed by atoms with E-state index >= 15 is 0 Å². The monoisotopic (exact) mass is 317 g/mol. The van der Waals surface area contributed by atoms with E-state index in [1.54, 1.807) is 0 Å². The molecule has 5 nitrogen and oxygen atoms in total. The standard InChI is InChI=1S/C18H31N5/c1-4-18(2)10-12-22(14-18)17(19-3)20-13-15-9-11-23(21-15)16-7-5-6-8-16/h9,11,16H,4-8,10,12-14H2,1-3H3,(H,19,20). The van der Waals surface area contributed by atoms with E-state index < -0.39 is 0 Å². The first-order chi connectivity index (χ1) is 11.1. The van der Waals surface area contributed by atoms with Crippen molar-refractivity contribution in [2.24, 2.45) is 10.4 Å². The highest BCUT2D eigenvalue weighted by atomic mass is 15.3. The molecule has 3 rings (SSSR count). The van der Waals surface area contributed by atoms with Crippen LogP contribution in [0.4, 0.5) is 0 Å². The summed E-state index contributed by atoms with van der Waals surface area (Å²) < 4.78 is 2.16. The highest BCUT2D eigenvalue weighted by Crippen LogP contribution is 2.33. The van der Waals surface area contributed by atoms with Crippen LogP contribution in [-0.4, -0.2) is 40.8 Å². The molecule has 2 aliphatic rings. The fourth-order valence-corrected chi connectivity index (χ4v) is 3.84. The molecule has 0 aromatic carbocycles. The molecule has 1 saturated carbocycles. The van der Waals surface area contributed by atoms with E-state index in [-0.39, 0.29) is 0 Å². The van der Waals surface area contributed by atoms with Crippen LogP contribution in [0.3, 0.4) is 0 Å². The molecule has 128 valence electrons. The van der Waals surface area contributed by atoms with Gasteiger partial charge in [0.25, 0.3) is 0 Å². The van der Waals surface area contributed by atoms with Crippen molar-refractivity contribution in [3.63, 3.8) is 0 Å². The summed E-state index contributed by atoms with van der Waals surface area (Å²) in [5, 5.41) is 8.24. The van der Waals surface area contributed by atoms with Gasteiger partial charge in [-0.1, -0.05) is 26.7 Å². The second-order valence-corrected chi connectivity index (χ2v) is 7.46. The van der Waals surface area contributed by atoms with Gasteiger partial charge in [-0.3, -0.25) is 9.67 Å². The molecule has 0 amide bonds.